The average Bonchev–Trinajstić information content (AvgIpc) is 3.18. The van der Waals surface area contributed by atoms with Gasteiger partial charge < -0.3 is 4.42 Å². The summed E-state index contributed by atoms with van der Waals surface area (Å²) in [6, 6.07) is 7.98. The Morgan fingerprint density at radius 1 is 1.16 bits per heavy atom. The second kappa shape index (κ2) is 4.23. The van der Waals surface area contributed by atoms with E-state index in [4.69, 9.17) is 4.42 Å². The summed E-state index contributed by atoms with van der Waals surface area (Å²) in [6.45, 7) is 0. The largest absolute Gasteiger partial charge is 0.464 e. The molecule has 19 heavy (non-hydrogen) atoms. The molecule has 1 aromatic carbocycles. The van der Waals surface area contributed by atoms with Gasteiger partial charge in [0.2, 0.25) is 0 Å². The number of fused-ring (bicyclic) bond motifs is 1. The highest BCUT2D eigenvalue weighted by Gasteiger charge is 2.21. The van der Waals surface area contributed by atoms with E-state index >= 15 is 0 Å². The van der Waals surface area contributed by atoms with Crippen LogP contribution in [0.25, 0.3) is 22.4 Å². The van der Waals surface area contributed by atoms with Crippen LogP contribution in [0.4, 0.5) is 0 Å². The highest BCUT2D eigenvalue weighted by atomic mass is 16.3. The number of aromatic amines is 1. The molecule has 1 aliphatic carbocycles. The van der Waals surface area contributed by atoms with Gasteiger partial charge >= 0.3 is 0 Å². The van der Waals surface area contributed by atoms with Crippen LogP contribution in [0, 0.1) is 0 Å². The van der Waals surface area contributed by atoms with Gasteiger partial charge in [0, 0.05) is 11.3 Å². The fourth-order valence-corrected chi connectivity index (χ4v) is 2.93. The van der Waals surface area contributed by atoms with Crippen LogP contribution in [0.2, 0.25) is 0 Å². The maximum absolute atomic E-state index is 5.54. The molecule has 3 aromatic rings. The van der Waals surface area contributed by atoms with Crippen molar-refractivity contribution in [2.45, 2.75) is 31.6 Å². The van der Waals surface area contributed by atoms with Gasteiger partial charge in [-0.1, -0.05) is 31.0 Å². The predicted molar refractivity (Wildman–Crippen MR) is 72.8 cm³/mol. The van der Waals surface area contributed by atoms with E-state index in [2.05, 4.69) is 15.2 Å². The summed E-state index contributed by atoms with van der Waals surface area (Å²) >= 11 is 0. The van der Waals surface area contributed by atoms with Crippen molar-refractivity contribution >= 4 is 11.0 Å². The van der Waals surface area contributed by atoms with E-state index in [1.807, 2.05) is 24.3 Å². The summed E-state index contributed by atoms with van der Waals surface area (Å²) in [5.41, 5.74) is 1.85. The minimum atomic E-state index is 0.555. The lowest BCUT2D eigenvalue weighted by Gasteiger charge is -2.01. The number of nitrogens with one attached hydrogen (secondary N) is 1. The fourth-order valence-electron chi connectivity index (χ4n) is 2.93. The summed E-state index contributed by atoms with van der Waals surface area (Å²) in [5, 5.41) is 8.52. The van der Waals surface area contributed by atoms with Crippen LogP contribution in [-0.4, -0.2) is 15.2 Å². The number of H-pyrrole nitrogens is 1. The molecule has 0 unspecified atom stereocenters. The van der Waals surface area contributed by atoms with Crippen molar-refractivity contribution in [1.82, 2.24) is 15.2 Å². The minimum Gasteiger partial charge on any atom is -0.464 e. The third-order valence-corrected chi connectivity index (χ3v) is 3.97. The van der Waals surface area contributed by atoms with Crippen LogP contribution in [0.15, 0.2) is 34.9 Å². The third kappa shape index (κ3) is 1.75. The Labute approximate surface area is 110 Å². The number of nitrogens with zero attached hydrogens (tertiary/aromatic N) is 2. The number of furan rings is 1. The van der Waals surface area contributed by atoms with Crippen molar-refractivity contribution in [3.05, 3.63) is 36.4 Å². The average molecular weight is 253 g/mol. The SMILES string of the molecule is c1ccc2c(-c3n[nH]c(C4CCCC4)n3)coc2c1. The molecule has 4 heteroatoms. The number of para-hydroxylation sites is 1. The highest BCUT2D eigenvalue weighted by Crippen LogP contribution is 2.34. The van der Waals surface area contributed by atoms with Crippen LogP contribution >= 0.6 is 0 Å². The Bertz CT molecular complexity index is 707. The molecule has 1 fully saturated rings. The third-order valence-electron chi connectivity index (χ3n) is 3.97. The van der Waals surface area contributed by atoms with Gasteiger partial charge in [0.15, 0.2) is 5.82 Å². The van der Waals surface area contributed by atoms with Crippen LogP contribution < -0.4 is 0 Å². The van der Waals surface area contributed by atoms with E-state index in [1.165, 1.54) is 25.7 Å². The van der Waals surface area contributed by atoms with Gasteiger partial charge in [-0.2, -0.15) is 5.10 Å². The standard InChI is InChI=1S/C15H15N3O/c1-2-6-10(5-1)14-16-15(18-17-14)12-9-19-13-8-4-3-7-11(12)13/h3-4,7-10H,1-2,5-6H2,(H,16,17,18). The molecular weight excluding hydrogens is 238 g/mol. The Kier molecular flexibility index (Phi) is 2.40. The lowest BCUT2D eigenvalue weighted by Crippen LogP contribution is -1.94. The first-order chi connectivity index (χ1) is 9.42. The number of hydrogen-bond donors (Lipinski definition) is 1. The van der Waals surface area contributed by atoms with Crippen molar-refractivity contribution in [2.24, 2.45) is 0 Å². The van der Waals surface area contributed by atoms with E-state index in [1.54, 1.807) is 6.26 Å². The maximum Gasteiger partial charge on any atom is 0.185 e. The molecule has 1 saturated carbocycles. The van der Waals surface area contributed by atoms with Crippen molar-refractivity contribution in [2.75, 3.05) is 0 Å². The molecule has 96 valence electrons. The second-order valence-corrected chi connectivity index (χ2v) is 5.17. The summed E-state index contributed by atoms with van der Waals surface area (Å²) in [6.07, 6.45) is 6.79. The van der Waals surface area contributed by atoms with Gasteiger partial charge in [0.25, 0.3) is 0 Å². The monoisotopic (exact) mass is 253 g/mol. The molecule has 0 spiro atoms. The van der Waals surface area contributed by atoms with Gasteiger partial charge in [0.05, 0.1) is 5.56 Å². The lowest BCUT2D eigenvalue weighted by molar-refractivity contribution is 0.616. The number of rotatable bonds is 2. The van der Waals surface area contributed by atoms with Crippen LogP contribution in [0.1, 0.15) is 37.4 Å². The smallest absolute Gasteiger partial charge is 0.185 e. The summed E-state index contributed by atoms with van der Waals surface area (Å²) in [4.78, 5) is 4.66. The van der Waals surface area contributed by atoms with E-state index in [0.29, 0.717) is 5.92 Å². The highest BCUT2D eigenvalue weighted by molar-refractivity contribution is 5.91. The first-order valence-electron chi connectivity index (χ1n) is 6.81. The molecule has 2 heterocycles. The Morgan fingerprint density at radius 3 is 2.89 bits per heavy atom. The molecule has 2 aromatic heterocycles. The van der Waals surface area contributed by atoms with Gasteiger partial charge in [-0.25, -0.2) is 4.98 Å². The lowest BCUT2D eigenvalue weighted by atomic mass is 10.1. The fraction of sp³-hybridized carbons (Fsp3) is 0.333. The van der Waals surface area contributed by atoms with Crippen LogP contribution in [0.3, 0.4) is 0 Å². The topological polar surface area (TPSA) is 54.7 Å². The number of benzene rings is 1. The van der Waals surface area contributed by atoms with Gasteiger partial charge in [-0.15, -0.1) is 0 Å². The van der Waals surface area contributed by atoms with Crippen LogP contribution in [-0.2, 0) is 0 Å². The predicted octanol–water partition coefficient (Wildman–Crippen LogP) is 3.88. The van der Waals surface area contributed by atoms with Gasteiger partial charge in [0.1, 0.15) is 17.7 Å². The zero-order valence-electron chi connectivity index (χ0n) is 10.6. The normalized spacial score (nSPS) is 16.4. The molecule has 0 aliphatic heterocycles. The molecule has 0 bridgehead atoms. The van der Waals surface area contributed by atoms with E-state index < -0.39 is 0 Å². The molecule has 0 atom stereocenters. The van der Waals surface area contributed by atoms with Crippen molar-refractivity contribution in [1.29, 1.82) is 0 Å². The molecule has 0 radical (unpaired) electrons. The van der Waals surface area contributed by atoms with Crippen molar-refractivity contribution < 1.29 is 4.42 Å². The van der Waals surface area contributed by atoms with Gasteiger partial charge in [-0.3, -0.25) is 5.10 Å². The molecule has 4 rings (SSSR count). The first kappa shape index (κ1) is 10.8. The van der Waals surface area contributed by atoms with Crippen molar-refractivity contribution in [3.63, 3.8) is 0 Å². The summed E-state index contributed by atoms with van der Waals surface area (Å²) in [7, 11) is 0. The quantitative estimate of drug-likeness (QED) is 0.754. The number of aromatic nitrogens is 3. The summed E-state index contributed by atoms with van der Waals surface area (Å²) < 4.78 is 5.54. The Hall–Kier alpha value is -2.10. The number of hydrogen-bond acceptors (Lipinski definition) is 3. The maximum atomic E-state index is 5.54. The van der Waals surface area contributed by atoms with Gasteiger partial charge in [-0.05, 0) is 18.9 Å². The molecule has 0 amide bonds. The molecule has 1 aliphatic rings. The molecule has 1 N–H and O–H groups in total. The van der Waals surface area contributed by atoms with E-state index in [0.717, 1.165) is 28.2 Å². The zero-order chi connectivity index (χ0) is 12.7. The molecule has 4 nitrogen and oxygen atoms in total. The zero-order valence-corrected chi connectivity index (χ0v) is 10.6. The Morgan fingerprint density at radius 2 is 2.00 bits per heavy atom. The first-order valence-corrected chi connectivity index (χ1v) is 6.81. The van der Waals surface area contributed by atoms with Crippen molar-refractivity contribution in [3.8, 4) is 11.4 Å². The molecular formula is C15H15N3O. The second-order valence-electron chi connectivity index (χ2n) is 5.17. The summed E-state index contributed by atoms with van der Waals surface area (Å²) in [5.74, 6) is 2.32. The molecule has 0 saturated heterocycles. The van der Waals surface area contributed by atoms with E-state index in [-0.39, 0.29) is 0 Å². The minimum absolute atomic E-state index is 0.555. The Balaban J connectivity index is 1.76. The van der Waals surface area contributed by atoms with E-state index in [9.17, 15) is 0 Å². The van der Waals surface area contributed by atoms with Crippen LogP contribution in [0.5, 0.6) is 0 Å².